The van der Waals surface area contributed by atoms with Crippen LogP contribution in [0.25, 0.3) is 0 Å². The quantitative estimate of drug-likeness (QED) is 0.173. The SMILES string of the molecule is CSCCC(NC(=O)CNC(=O)C(Cc1ccccc1)NC(=O)C(N)CCCCN)C(=O)O. The normalized spacial score (nSPS) is 13.4. The fourth-order valence-electron chi connectivity index (χ4n) is 3.01. The summed E-state index contributed by atoms with van der Waals surface area (Å²) >= 11 is 1.47. The number of hydrogen-bond donors (Lipinski definition) is 6. The van der Waals surface area contributed by atoms with Crippen molar-refractivity contribution in [1.29, 1.82) is 0 Å². The van der Waals surface area contributed by atoms with Gasteiger partial charge in [-0.05, 0) is 43.4 Å². The van der Waals surface area contributed by atoms with Gasteiger partial charge >= 0.3 is 5.97 Å². The first-order valence-electron chi connectivity index (χ1n) is 10.9. The first-order valence-corrected chi connectivity index (χ1v) is 12.3. The second-order valence-corrected chi connectivity index (χ2v) is 8.59. The number of carbonyl (C=O) groups excluding carboxylic acids is 3. The highest BCUT2D eigenvalue weighted by atomic mass is 32.2. The van der Waals surface area contributed by atoms with Crippen molar-refractivity contribution in [3.05, 3.63) is 35.9 Å². The predicted molar refractivity (Wildman–Crippen MR) is 129 cm³/mol. The Bertz CT molecular complexity index is 765. The van der Waals surface area contributed by atoms with Gasteiger partial charge in [0.15, 0.2) is 0 Å². The molecular formula is C22H35N5O5S. The van der Waals surface area contributed by atoms with Crippen LogP contribution in [0.3, 0.4) is 0 Å². The summed E-state index contributed by atoms with van der Waals surface area (Å²) in [7, 11) is 0. The first-order chi connectivity index (χ1) is 15.8. The second kappa shape index (κ2) is 16.1. The lowest BCUT2D eigenvalue weighted by Gasteiger charge is -2.21. The Balaban J connectivity index is 2.73. The zero-order chi connectivity index (χ0) is 24.6. The van der Waals surface area contributed by atoms with Gasteiger partial charge in [0.05, 0.1) is 12.6 Å². The van der Waals surface area contributed by atoms with Crippen molar-refractivity contribution in [2.75, 3.05) is 25.1 Å². The van der Waals surface area contributed by atoms with Crippen LogP contribution in [0.4, 0.5) is 0 Å². The second-order valence-electron chi connectivity index (χ2n) is 7.60. The number of rotatable bonds is 16. The van der Waals surface area contributed by atoms with Gasteiger partial charge in [-0.25, -0.2) is 4.79 Å². The third-order valence-electron chi connectivity index (χ3n) is 4.89. The van der Waals surface area contributed by atoms with Crippen molar-refractivity contribution < 1.29 is 24.3 Å². The molecule has 0 fully saturated rings. The molecule has 1 rings (SSSR count). The van der Waals surface area contributed by atoms with E-state index in [-0.39, 0.29) is 12.8 Å². The molecule has 184 valence electrons. The molecular weight excluding hydrogens is 446 g/mol. The standard InChI is InChI=1S/C22H35N5O5S/c1-33-12-10-17(22(31)32)26-19(28)14-25-21(30)18(13-15-7-3-2-4-8-15)27-20(29)16(24)9-5-6-11-23/h2-4,7-8,16-18H,5-6,9-14,23-24H2,1H3,(H,25,30)(H,26,28)(H,27,29)(H,31,32). The number of benzene rings is 1. The lowest BCUT2D eigenvalue weighted by atomic mass is 10.0. The zero-order valence-corrected chi connectivity index (χ0v) is 19.7. The Hall–Kier alpha value is -2.63. The van der Waals surface area contributed by atoms with E-state index in [1.807, 2.05) is 36.6 Å². The summed E-state index contributed by atoms with van der Waals surface area (Å²) in [6, 6.07) is 6.36. The van der Waals surface area contributed by atoms with Crippen molar-refractivity contribution >= 4 is 35.5 Å². The van der Waals surface area contributed by atoms with E-state index < -0.39 is 48.4 Å². The van der Waals surface area contributed by atoms with E-state index in [9.17, 15) is 24.3 Å². The highest BCUT2D eigenvalue weighted by Crippen LogP contribution is 2.05. The van der Waals surface area contributed by atoms with E-state index in [1.54, 1.807) is 0 Å². The summed E-state index contributed by atoms with van der Waals surface area (Å²) in [6.07, 6.45) is 4.20. The van der Waals surface area contributed by atoms with Gasteiger partial charge in [0.2, 0.25) is 17.7 Å². The number of hydrogen-bond acceptors (Lipinski definition) is 7. The monoisotopic (exact) mass is 481 g/mol. The molecule has 33 heavy (non-hydrogen) atoms. The van der Waals surface area contributed by atoms with Crippen LogP contribution >= 0.6 is 11.8 Å². The van der Waals surface area contributed by atoms with Gasteiger partial charge in [0, 0.05) is 6.42 Å². The van der Waals surface area contributed by atoms with Crippen molar-refractivity contribution in [2.45, 2.75) is 50.2 Å². The minimum Gasteiger partial charge on any atom is -0.480 e. The predicted octanol–water partition coefficient (Wildman–Crippen LogP) is -0.391. The molecule has 0 radical (unpaired) electrons. The Morgan fingerprint density at radius 3 is 2.30 bits per heavy atom. The zero-order valence-electron chi connectivity index (χ0n) is 18.9. The van der Waals surface area contributed by atoms with E-state index in [4.69, 9.17) is 11.5 Å². The Morgan fingerprint density at radius 2 is 1.70 bits per heavy atom. The molecule has 10 nitrogen and oxygen atoms in total. The first kappa shape index (κ1) is 28.4. The maximum atomic E-state index is 12.8. The van der Waals surface area contributed by atoms with Gasteiger partial charge in [-0.1, -0.05) is 36.8 Å². The highest BCUT2D eigenvalue weighted by molar-refractivity contribution is 7.98. The van der Waals surface area contributed by atoms with Crippen LogP contribution in [-0.2, 0) is 25.6 Å². The number of amides is 3. The Labute approximate surface area is 198 Å². The summed E-state index contributed by atoms with van der Waals surface area (Å²) in [4.78, 5) is 48.7. The molecule has 0 aliphatic rings. The van der Waals surface area contributed by atoms with Gasteiger partial charge in [0.1, 0.15) is 12.1 Å². The van der Waals surface area contributed by atoms with Gasteiger partial charge in [-0.15, -0.1) is 0 Å². The molecule has 3 amide bonds. The van der Waals surface area contributed by atoms with Crippen molar-refractivity contribution in [1.82, 2.24) is 16.0 Å². The summed E-state index contributed by atoms with van der Waals surface area (Å²) in [5.74, 6) is -2.22. The van der Waals surface area contributed by atoms with Crippen LogP contribution in [0.5, 0.6) is 0 Å². The summed E-state index contributed by atoms with van der Waals surface area (Å²) < 4.78 is 0. The van der Waals surface area contributed by atoms with E-state index in [0.29, 0.717) is 25.1 Å². The van der Waals surface area contributed by atoms with E-state index >= 15 is 0 Å². The number of carbonyl (C=O) groups is 4. The van der Waals surface area contributed by atoms with Gasteiger partial charge < -0.3 is 32.5 Å². The largest absolute Gasteiger partial charge is 0.480 e. The van der Waals surface area contributed by atoms with E-state index in [0.717, 1.165) is 12.0 Å². The van der Waals surface area contributed by atoms with Crippen molar-refractivity contribution in [3.8, 4) is 0 Å². The van der Waals surface area contributed by atoms with Crippen LogP contribution in [0, 0.1) is 0 Å². The molecule has 0 aliphatic carbocycles. The summed E-state index contributed by atoms with van der Waals surface area (Å²) in [5.41, 5.74) is 12.2. The molecule has 0 heterocycles. The molecule has 11 heteroatoms. The van der Waals surface area contributed by atoms with Crippen molar-refractivity contribution in [2.24, 2.45) is 11.5 Å². The van der Waals surface area contributed by atoms with Crippen LogP contribution < -0.4 is 27.4 Å². The minimum absolute atomic E-state index is 0.209. The average Bonchev–Trinajstić information content (AvgIpc) is 2.80. The van der Waals surface area contributed by atoms with E-state index in [2.05, 4.69) is 16.0 Å². The van der Waals surface area contributed by atoms with Crippen LogP contribution in [0.2, 0.25) is 0 Å². The Morgan fingerprint density at radius 1 is 1.00 bits per heavy atom. The van der Waals surface area contributed by atoms with Gasteiger partial charge in [0.25, 0.3) is 0 Å². The van der Waals surface area contributed by atoms with Crippen LogP contribution in [0.1, 0.15) is 31.2 Å². The molecule has 0 aliphatic heterocycles. The number of aliphatic carboxylic acids is 1. The third-order valence-corrected chi connectivity index (χ3v) is 5.53. The molecule has 1 aromatic carbocycles. The molecule has 0 spiro atoms. The van der Waals surface area contributed by atoms with Crippen LogP contribution in [0.15, 0.2) is 30.3 Å². The molecule has 0 aromatic heterocycles. The van der Waals surface area contributed by atoms with E-state index in [1.165, 1.54) is 11.8 Å². The smallest absolute Gasteiger partial charge is 0.326 e. The minimum atomic E-state index is -1.14. The number of unbranched alkanes of at least 4 members (excludes halogenated alkanes) is 1. The number of carboxylic acid groups (broad SMARTS) is 1. The lowest BCUT2D eigenvalue weighted by molar-refractivity contribution is -0.141. The molecule has 0 saturated carbocycles. The molecule has 1 aromatic rings. The van der Waals surface area contributed by atoms with Gasteiger partial charge in [-0.3, -0.25) is 14.4 Å². The fourth-order valence-corrected chi connectivity index (χ4v) is 3.48. The Kier molecular flexibility index (Phi) is 13.8. The maximum absolute atomic E-state index is 12.8. The van der Waals surface area contributed by atoms with Crippen molar-refractivity contribution in [3.63, 3.8) is 0 Å². The molecule has 3 atom stereocenters. The molecule has 3 unspecified atom stereocenters. The molecule has 8 N–H and O–H groups in total. The number of carboxylic acids is 1. The number of nitrogens with one attached hydrogen (secondary N) is 3. The average molecular weight is 482 g/mol. The fraction of sp³-hybridized carbons (Fsp3) is 0.545. The lowest BCUT2D eigenvalue weighted by Crippen LogP contribution is -2.54. The summed E-state index contributed by atoms with van der Waals surface area (Å²) in [5, 5.41) is 16.8. The topological polar surface area (TPSA) is 177 Å². The maximum Gasteiger partial charge on any atom is 0.326 e. The van der Waals surface area contributed by atoms with Crippen LogP contribution in [-0.4, -0.2) is 72.0 Å². The summed E-state index contributed by atoms with van der Waals surface area (Å²) in [6.45, 7) is 0.0983. The number of thioether (sulfide) groups is 1. The highest BCUT2D eigenvalue weighted by Gasteiger charge is 2.25. The molecule has 0 saturated heterocycles. The molecule has 0 bridgehead atoms. The van der Waals surface area contributed by atoms with Gasteiger partial charge in [-0.2, -0.15) is 11.8 Å². The number of nitrogens with two attached hydrogens (primary N) is 2. The third kappa shape index (κ3) is 11.7.